The molecule has 2 aromatic carbocycles. The van der Waals surface area contributed by atoms with Crippen LogP contribution >= 0.6 is 0 Å². The zero-order chi connectivity index (χ0) is 19.0. The van der Waals surface area contributed by atoms with Gasteiger partial charge in [-0.05, 0) is 38.0 Å². The summed E-state index contributed by atoms with van der Waals surface area (Å²) >= 11 is 0. The van der Waals surface area contributed by atoms with Gasteiger partial charge in [0.15, 0.2) is 9.84 Å². The molecule has 0 aliphatic carbocycles. The standard InChI is InChI=1S/C20H26N2O3S/c1-3-22(16-18-10-7-9-17(2)15-18)20(23)21-13-8-14-26(24,25)19-11-5-4-6-12-19/h4-7,9-12,15H,3,8,13-14,16H2,1-2H3,(H,21,23). The lowest BCUT2D eigenvalue weighted by atomic mass is 10.1. The number of aryl methyl sites for hydroxylation is 1. The predicted octanol–water partition coefficient (Wildman–Crippen LogP) is 3.39. The summed E-state index contributed by atoms with van der Waals surface area (Å²) in [7, 11) is -3.30. The molecule has 0 atom stereocenters. The van der Waals surface area contributed by atoms with Gasteiger partial charge < -0.3 is 10.2 Å². The first-order valence-electron chi connectivity index (χ1n) is 8.78. The van der Waals surface area contributed by atoms with Gasteiger partial charge in [0.2, 0.25) is 0 Å². The van der Waals surface area contributed by atoms with E-state index in [1.54, 1.807) is 35.2 Å². The van der Waals surface area contributed by atoms with E-state index in [1.807, 2.05) is 32.0 Å². The van der Waals surface area contributed by atoms with Crippen LogP contribution in [0.3, 0.4) is 0 Å². The van der Waals surface area contributed by atoms with Crippen molar-refractivity contribution in [3.8, 4) is 0 Å². The van der Waals surface area contributed by atoms with Crippen LogP contribution < -0.4 is 5.32 Å². The molecule has 0 fully saturated rings. The van der Waals surface area contributed by atoms with Crippen LogP contribution in [0.15, 0.2) is 59.5 Å². The van der Waals surface area contributed by atoms with Crippen LogP contribution in [0.1, 0.15) is 24.5 Å². The Bertz CT molecular complexity index is 820. The van der Waals surface area contributed by atoms with Crippen molar-refractivity contribution in [3.05, 3.63) is 65.7 Å². The van der Waals surface area contributed by atoms with E-state index in [0.717, 1.165) is 11.1 Å². The van der Waals surface area contributed by atoms with Gasteiger partial charge >= 0.3 is 6.03 Å². The number of hydrogen-bond acceptors (Lipinski definition) is 3. The Morgan fingerprint density at radius 1 is 1.08 bits per heavy atom. The van der Waals surface area contributed by atoms with Crippen LogP contribution in [0.4, 0.5) is 4.79 Å². The molecule has 0 heterocycles. The predicted molar refractivity (Wildman–Crippen MR) is 104 cm³/mol. The molecule has 26 heavy (non-hydrogen) atoms. The van der Waals surface area contributed by atoms with Gasteiger partial charge in [0.05, 0.1) is 10.6 Å². The number of carbonyl (C=O) groups is 1. The Kier molecular flexibility index (Phi) is 7.21. The van der Waals surface area contributed by atoms with Crippen LogP contribution in [0.5, 0.6) is 0 Å². The summed E-state index contributed by atoms with van der Waals surface area (Å²) in [4.78, 5) is 14.4. The molecule has 0 radical (unpaired) electrons. The van der Waals surface area contributed by atoms with Crippen molar-refractivity contribution in [2.75, 3.05) is 18.8 Å². The zero-order valence-electron chi connectivity index (χ0n) is 15.3. The molecule has 140 valence electrons. The van der Waals surface area contributed by atoms with Gasteiger partial charge in [-0.15, -0.1) is 0 Å². The molecule has 2 aromatic rings. The molecule has 0 unspecified atom stereocenters. The number of sulfone groups is 1. The van der Waals surface area contributed by atoms with E-state index < -0.39 is 9.84 Å². The van der Waals surface area contributed by atoms with Gasteiger partial charge in [0.25, 0.3) is 0 Å². The monoisotopic (exact) mass is 374 g/mol. The Morgan fingerprint density at radius 3 is 2.46 bits per heavy atom. The fourth-order valence-electron chi connectivity index (χ4n) is 2.67. The maximum absolute atomic E-state index is 12.3. The van der Waals surface area contributed by atoms with Crippen molar-refractivity contribution in [2.24, 2.45) is 0 Å². The minimum Gasteiger partial charge on any atom is -0.338 e. The maximum Gasteiger partial charge on any atom is 0.317 e. The van der Waals surface area contributed by atoms with Crippen molar-refractivity contribution in [1.82, 2.24) is 10.2 Å². The summed E-state index contributed by atoms with van der Waals surface area (Å²) < 4.78 is 24.4. The van der Waals surface area contributed by atoms with E-state index >= 15 is 0 Å². The number of nitrogens with one attached hydrogen (secondary N) is 1. The lowest BCUT2D eigenvalue weighted by Crippen LogP contribution is -2.40. The van der Waals surface area contributed by atoms with Crippen molar-refractivity contribution in [2.45, 2.75) is 31.7 Å². The van der Waals surface area contributed by atoms with Gasteiger partial charge in [-0.1, -0.05) is 48.0 Å². The number of carbonyl (C=O) groups excluding carboxylic acids is 1. The lowest BCUT2D eigenvalue weighted by Gasteiger charge is -2.21. The molecule has 0 aromatic heterocycles. The number of rotatable bonds is 8. The van der Waals surface area contributed by atoms with E-state index in [-0.39, 0.29) is 11.8 Å². The molecule has 0 aliphatic heterocycles. The number of urea groups is 1. The van der Waals surface area contributed by atoms with Crippen LogP contribution in [0.25, 0.3) is 0 Å². The summed E-state index contributed by atoms with van der Waals surface area (Å²) in [6, 6.07) is 16.3. The summed E-state index contributed by atoms with van der Waals surface area (Å²) in [6.45, 7) is 5.39. The number of hydrogen-bond donors (Lipinski definition) is 1. The molecule has 0 spiro atoms. The van der Waals surface area contributed by atoms with Crippen LogP contribution in [0.2, 0.25) is 0 Å². The normalized spacial score (nSPS) is 11.2. The maximum atomic E-state index is 12.3. The third kappa shape index (κ3) is 5.88. The fraction of sp³-hybridized carbons (Fsp3) is 0.350. The Balaban J connectivity index is 1.81. The summed E-state index contributed by atoms with van der Waals surface area (Å²) in [5, 5.41) is 2.82. The molecule has 5 nitrogen and oxygen atoms in total. The van der Waals surface area contributed by atoms with Crippen molar-refractivity contribution in [1.29, 1.82) is 0 Å². The highest BCUT2D eigenvalue weighted by atomic mass is 32.2. The highest BCUT2D eigenvalue weighted by molar-refractivity contribution is 7.91. The quantitative estimate of drug-likeness (QED) is 0.720. The van der Waals surface area contributed by atoms with Crippen molar-refractivity contribution < 1.29 is 13.2 Å². The first kappa shape index (κ1) is 20.0. The number of nitrogens with zero attached hydrogens (tertiary/aromatic N) is 1. The van der Waals surface area contributed by atoms with E-state index in [2.05, 4.69) is 11.4 Å². The average Bonchev–Trinajstić information content (AvgIpc) is 2.64. The first-order chi connectivity index (χ1) is 12.4. The topological polar surface area (TPSA) is 66.5 Å². The zero-order valence-corrected chi connectivity index (χ0v) is 16.1. The molecule has 0 bridgehead atoms. The fourth-order valence-corrected chi connectivity index (χ4v) is 4.00. The van der Waals surface area contributed by atoms with Gasteiger partial charge in [-0.2, -0.15) is 0 Å². The van der Waals surface area contributed by atoms with E-state index in [1.165, 1.54) is 0 Å². The van der Waals surface area contributed by atoms with Crippen LogP contribution in [-0.2, 0) is 16.4 Å². The largest absolute Gasteiger partial charge is 0.338 e. The van der Waals surface area contributed by atoms with E-state index in [9.17, 15) is 13.2 Å². The Hall–Kier alpha value is -2.34. The van der Waals surface area contributed by atoms with Gasteiger partial charge in [0, 0.05) is 19.6 Å². The van der Waals surface area contributed by atoms with Crippen LogP contribution in [0, 0.1) is 6.92 Å². The SMILES string of the molecule is CCN(Cc1cccc(C)c1)C(=O)NCCCS(=O)(=O)c1ccccc1. The second kappa shape index (κ2) is 9.38. The first-order valence-corrected chi connectivity index (χ1v) is 10.4. The molecular formula is C20H26N2O3S. The van der Waals surface area contributed by atoms with Crippen LogP contribution in [-0.4, -0.2) is 38.2 Å². The van der Waals surface area contributed by atoms with E-state index in [4.69, 9.17) is 0 Å². The molecule has 1 N–H and O–H groups in total. The van der Waals surface area contributed by atoms with Gasteiger partial charge in [-0.3, -0.25) is 0 Å². The minimum absolute atomic E-state index is 0.0152. The number of amides is 2. The highest BCUT2D eigenvalue weighted by Gasteiger charge is 2.15. The highest BCUT2D eigenvalue weighted by Crippen LogP contribution is 2.11. The van der Waals surface area contributed by atoms with Crippen molar-refractivity contribution >= 4 is 15.9 Å². The lowest BCUT2D eigenvalue weighted by molar-refractivity contribution is 0.198. The van der Waals surface area contributed by atoms with Gasteiger partial charge in [0.1, 0.15) is 0 Å². The summed E-state index contributed by atoms with van der Waals surface area (Å²) in [5.74, 6) is 0.0152. The molecular weight excluding hydrogens is 348 g/mol. The molecule has 0 saturated heterocycles. The molecule has 0 aliphatic rings. The third-order valence-corrected chi connectivity index (χ3v) is 5.91. The molecule has 0 saturated carbocycles. The van der Waals surface area contributed by atoms with Crippen molar-refractivity contribution in [3.63, 3.8) is 0 Å². The second-order valence-electron chi connectivity index (χ2n) is 6.22. The van der Waals surface area contributed by atoms with E-state index in [0.29, 0.717) is 31.0 Å². The van der Waals surface area contributed by atoms with Gasteiger partial charge in [-0.25, -0.2) is 13.2 Å². The summed E-state index contributed by atoms with van der Waals surface area (Å²) in [6.07, 6.45) is 0.380. The Labute approximate surface area is 156 Å². The molecule has 2 rings (SSSR count). The number of benzene rings is 2. The second-order valence-corrected chi connectivity index (χ2v) is 8.33. The third-order valence-electron chi connectivity index (χ3n) is 4.09. The molecule has 2 amide bonds. The molecule has 6 heteroatoms. The smallest absolute Gasteiger partial charge is 0.317 e. The minimum atomic E-state index is -3.30. The average molecular weight is 375 g/mol. The Morgan fingerprint density at radius 2 is 1.81 bits per heavy atom. The summed E-state index contributed by atoms with van der Waals surface area (Å²) in [5.41, 5.74) is 2.23.